The van der Waals surface area contributed by atoms with Crippen molar-refractivity contribution in [2.24, 2.45) is 0 Å². The average Bonchev–Trinajstić information content (AvgIpc) is 2.87. The van der Waals surface area contributed by atoms with Gasteiger partial charge in [0.15, 0.2) is 0 Å². The van der Waals surface area contributed by atoms with E-state index in [-0.39, 0.29) is 0 Å². The van der Waals surface area contributed by atoms with Crippen LogP contribution in [0.4, 0.5) is 0 Å². The Kier molecular flexibility index (Phi) is 3.27. The summed E-state index contributed by atoms with van der Waals surface area (Å²) in [7, 11) is 0. The molecule has 0 amide bonds. The van der Waals surface area contributed by atoms with Gasteiger partial charge in [-0.3, -0.25) is 4.79 Å². The van der Waals surface area contributed by atoms with Crippen LogP contribution in [0.25, 0.3) is 0 Å². The maximum atomic E-state index is 10.9. The summed E-state index contributed by atoms with van der Waals surface area (Å²) in [5.74, 6) is -0.382. The number of carboxylic acid groups (broad SMARTS) is 1. The molecule has 1 aromatic heterocycles. The van der Waals surface area contributed by atoms with Crippen LogP contribution >= 0.6 is 11.8 Å². The van der Waals surface area contributed by atoms with Crippen LogP contribution in [-0.2, 0) is 4.79 Å². The molecular formula is C9H12N2O3S. The van der Waals surface area contributed by atoms with Crippen molar-refractivity contribution in [3.63, 3.8) is 0 Å². The van der Waals surface area contributed by atoms with E-state index in [0.29, 0.717) is 17.0 Å². The van der Waals surface area contributed by atoms with Crippen LogP contribution in [0.2, 0.25) is 0 Å². The molecule has 1 atom stereocenters. The van der Waals surface area contributed by atoms with E-state index in [1.807, 2.05) is 0 Å². The molecule has 0 aromatic carbocycles. The molecule has 1 aromatic rings. The molecule has 1 saturated carbocycles. The number of thioether (sulfide) groups is 1. The first-order valence-corrected chi connectivity index (χ1v) is 5.75. The molecule has 82 valence electrons. The lowest BCUT2D eigenvalue weighted by atomic mass is 10.3. The molecule has 0 spiro atoms. The minimum absolute atomic E-state index is 0.385. The molecule has 1 heterocycles. The van der Waals surface area contributed by atoms with Gasteiger partial charge in [0.05, 0.1) is 6.20 Å². The van der Waals surface area contributed by atoms with Gasteiger partial charge < -0.3 is 14.8 Å². The lowest BCUT2D eigenvalue weighted by molar-refractivity contribution is -0.138. The molecule has 2 rings (SSSR count). The summed E-state index contributed by atoms with van der Waals surface area (Å²) in [5, 5.41) is 12.5. The van der Waals surface area contributed by atoms with Crippen molar-refractivity contribution in [1.82, 2.24) is 10.3 Å². The highest BCUT2D eigenvalue weighted by Gasteiger charge is 2.28. The highest BCUT2D eigenvalue weighted by molar-refractivity contribution is 7.99. The predicted molar refractivity (Wildman–Crippen MR) is 54.8 cm³/mol. The van der Waals surface area contributed by atoms with Gasteiger partial charge in [-0.25, -0.2) is 4.98 Å². The van der Waals surface area contributed by atoms with E-state index < -0.39 is 12.0 Å². The summed E-state index contributed by atoms with van der Waals surface area (Å²) in [6.45, 7) is 0. The highest BCUT2D eigenvalue weighted by Crippen LogP contribution is 2.22. The van der Waals surface area contributed by atoms with Gasteiger partial charge in [-0.05, 0) is 12.8 Å². The molecule has 0 bridgehead atoms. The van der Waals surface area contributed by atoms with Gasteiger partial charge in [0.25, 0.3) is 5.22 Å². The molecule has 0 aliphatic heterocycles. The molecule has 1 fully saturated rings. The zero-order valence-corrected chi connectivity index (χ0v) is 8.87. The molecule has 1 aliphatic carbocycles. The number of oxazole rings is 1. The Labute approximate surface area is 91.3 Å². The topological polar surface area (TPSA) is 75.4 Å². The smallest absolute Gasteiger partial charge is 0.321 e. The minimum Gasteiger partial charge on any atom is -0.480 e. The standard InChI is InChI=1S/C9H12N2O3S/c12-8(13)7(11-6-1-2-6)5-15-9-10-3-4-14-9/h3-4,6-7,11H,1-2,5H2,(H,12,13). The third-order valence-corrected chi connectivity index (χ3v) is 3.04. The second-order valence-electron chi connectivity index (χ2n) is 3.44. The Hall–Kier alpha value is -1.01. The molecule has 6 heteroatoms. The summed E-state index contributed by atoms with van der Waals surface area (Å²) in [6, 6.07) is -0.134. The largest absolute Gasteiger partial charge is 0.480 e. The van der Waals surface area contributed by atoms with Crippen LogP contribution in [-0.4, -0.2) is 33.9 Å². The zero-order valence-electron chi connectivity index (χ0n) is 8.05. The number of carboxylic acids is 1. The number of carbonyl (C=O) groups is 1. The molecule has 2 N–H and O–H groups in total. The molecule has 5 nitrogen and oxygen atoms in total. The molecule has 15 heavy (non-hydrogen) atoms. The lowest BCUT2D eigenvalue weighted by Crippen LogP contribution is -2.40. The van der Waals surface area contributed by atoms with E-state index in [1.54, 1.807) is 6.20 Å². The molecule has 0 saturated heterocycles. The van der Waals surface area contributed by atoms with Gasteiger partial charge >= 0.3 is 5.97 Å². The number of hydrogen-bond donors (Lipinski definition) is 2. The van der Waals surface area contributed by atoms with Crippen molar-refractivity contribution in [1.29, 1.82) is 0 Å². The lowest BCUT2D eigenvalue weighted by Gasteiger charge is -2.11. The number of nitrogens with one attached hydrogen (secondary N) is 1. The Bertz CT molecular complexity index is 324. The molecule has 1 aliphatic rings. The fourth-order valence-corrected chi connectivity index (χ4v) is 1.97. The van der Waals surface area contributed by atoms with Crippen molar-refractivity contribution in [3.8, 4) is 0 Å². The van der Waals surface area contributed by atoms with E-state index in [0.717, 1.165) is 12.8 Å². The first-order chi connectivity index (χ1) is 7.25. The number of rotatable bonds is 6. The van der Waals surface area contributed by atoms with Gasteiger partial charge in [-0.1, -0.05) is 11.8 Å². The van der Waals surface area contributed by atoms with Crippen molar-refractivity contribution in [2.45, 2.75) is 30.1 Å². The quantitative estimate of drug-likeness (QED) is 0.707. The summed E-state index contributed by atoms with van der Waals surface area (Å²) >= 11 is 1.31. The number of aromatic nitrogens is 1. The van der Waals surface area contributed by atoms with Crippen molar-refractivity contribution < 1.29 is 14.3 Å². The minimum atomic E-state index is -0.819. The molecule has 0 radical (unpaired) electrons. The second kappa shape index (κ2) is 4.67. The third-order valence-electron chi connectivity index (χ3n) is 2.10. The van der Waals surface area contributed by atoms with E-state index in [9.17, 15) is 4.79 Å². The van der Waals surface area contributed by atoms with Crippen LogP contribution in [0.1, 0.15) is 12.8 Å². The van der Waals surface area contributed by atoms with Crippen molar-refractivity contribution in [3.05, 3.63) is 12.5 Å². The maximum Gasteiger partial charge on any atom is 0.321 e. The normalized spacial score (nSPS) is 17.6. The second-order valence-corrected chi connectivity index (χ2v) is 4.41. The molecule has 1 unspecified atom stereocenters. The number of aliphatic carboxylic acids is 1. The molecular weight excluding hydrogens is 216 g/mol. The van der Waals surface area contributed by atoms with Crippen molar-refractivity contribution >= 4 is 17.7 Å². The number of nitrogens with zero attached hydrogens (tertiary/aromatic N) is 1. The highest BCUT2D eigenvalue weighted by atomic mass is 32.2. The van der Waals surface area contributed by atoms with Gasteiger partial charge in [-0.2, -0.15) is 0 Å². The maximum absolute atomic E-state index is 10.9. The van der Waals surface area contributed by atoms with Crippen LogP contribution in [0.5, 0.6) is 0 Å². The van der Waals surface area contributed by atoms with Gasteiger partial charge in [0.2, 0.25) is 0 Å². The van der Waals surface area contributed by atoms with Gasteiger partial charge in [0, 0.05) is 11.8 Å². The van der Waals surface area contributed by atoms with Crippen LogP contribution in [0, 0.1) is 0 Å². The predicted octanol–water partition coefficient (Wildman–Crippen LogP) is 0.972. The SMILES string of the molecule is O=C(O)C(CSc1ncco1)NC1CC1. The Morgan fingerprint density at radius 3 is 3.13 bits per heavy atom. The van der Waals surface area contributed by atoms with E-state index in [1.165, 1.54) is 18.0 Å². The summed E-state index contributed by atoms with van der Waals surface area (Å²) in [5.41, 5.74) is 0. The van der Waals surface area contributed by atoms with Crippen LogP contribution in [0.15, 0.2) is 22.1 Å². The monoisotopic (exact) mass is 228 g/mol. The van der Waals surface area contributed by atoms with E-state index >= 15 is 0 Å². The summed E-state index contributed by atoms with van der Waals surface area (Å²) in [4.78, 5) is 14.8. The van der Waals surface area contributed by atoms with Gasteiger partial charge in [-0.15, -0.1) is 0 Å². The van der Waals surface area contributed by atoms with Crippen molar-refractivity contribution in [2.75, 3.05) is 5.75 Å². The van der Waals surface area contributed by atoms with E-state index in [2.05, 4.69) is 10.3 Å². The Morgan fingerprint density at radius 1 is 1.80 bits per heavy atom. The summed E-state index contributed by atoms with van der Waals surface area (Å²) < 4.78 is 5.02. The average molecular weight is 228 g/mol. The van der Waals surface area contributed by atoms with Crippen LogP contribution < -0.4 is 5.32 Å². The Morgan fingerprint density at radius 2 is 2.60 bits per heavy atom. The summed E-state index contributed by atoms with van der Waals surface area (Å²) in [6.07, 6.45) is 5.18. The van der Waals surface area contributed by atoms with E-state index in [4.69, 9.17) is 9.52 Å². The fourth-order valence-electron chi connectivity index (χ4n) is 1.16. The van der Waals surface area contributed by atoms with Gasteiger partial charge in [0.1, 0.15) is 12.3 Å². The first-order valence-electron chi connectivity index (χ1n) is 4.77. The third kappa shape index (κ3) is 3.24. The first kappa shape index (κ1) is 10.5. The fraction of sp³-hybridized carbons (Fsp3) is 0.556. The number of hydrogen-bond acceptors (Lipinski definition) is 5. The Balaban J connectivity index is 1.80. The van der Waals surface area contributed by atoms with Crippen LogP contribution in [0.3, 0.4) is 0 Å². The zero-order chi connectivity index (χ0) is 10.7.